The van der Waals surface area contributed by atoms with Crippen LogP contribution >= 0.6 is 0 Å². The van der Waals surface area contributed by atoms with Gasteiger partial charge in [-0.3, -0.25) is 29.4 Å². The highest BCUT2D eigenvalue weighted by Gasteiger charge is 2.48. The molecule has 10 nitrogen and oxygen atoms in total. The lowest BCUT2D eigenvalue weighted by Gasteiger charge is -2.34. The van der Waals surface area contributed by atoms with Crippen LogP contribution in [-0.4, -0.2) is 42.5 Å². The zero-order valence-corrected chi connectivity index (χ0v) is 28.5. The number of carbonyl (C=O) groups is 3. The van der Waals surface area contributed by atoms with E-state index in [-0.39, 0.29) is 41.9 Å². The van der Waals surface area contributed by atoms with Gasteiger partial charge in [0, 0.05) is 62.1 Å². The van der Waals surface area contributed by atoms with Crippen molar-refractivity contribution in [2.45, 2.75) is 82.6 Å². The molecule has 1 aromatic carbocycles. The van der Waals surface area contributed by atoms with Crippen molar-refractivity contribution >= 4 is 17.7 Å². The summed E-state index contributed by atoms with van der Waals surface area (Å²) in [5.74, 6) is 3.60. The van der Waals surface area contributed by atoms with Crippen molar-refractivity contribution in [1.82, 2.24) is 35.4 Å². The van der Waals surface area contributed by atoms with Gasteiger partial charge in [0.15, 0.2) is 0 Å². The molecule has 4 heterocycles. The fourth-order valence-electron chi connectivity index (χ4n) is 8.29. The number of imide groups is 1. The molecule has 50 heavy (non-hydrogen) atoms. The number of amides is 3. The van der Waals surface area contributed by atoms with Gasteiger partial charge in [0.1, 0.15) is 5.82 Å². The van der Waals surface area contributed by atoms with E-state index in [1.807, 2.05) is 68.1 Å². The Kier molecular flexibility index (Phi) is 9.57. The Morgan fingerprint density at radius 2 is 1.78 bits per heavy atom. The molecule has 0 bridgehead atoms. The largest absolute Gasteiger partial charge is 0.351 e. The van der Waals surface area contributed by atoms with Gasteiger partial charge in [-0.05, 0) is 74.8 Å². The smallest absolute Gasteiger partial charge is 0.233 e. The van der Waals surface area contributed by atoms with Crippen LogP contribution in [0.15, 0.2) is 67.3 Å². The van der Waals surface area contributed by atoms with Crippen molar-refractivity contribution in [3.05, 3.63) is 95.6 Å². The molecule has 7 rings (SSSR count). The van der Waals surface area contributed by atoms with Crippen LogP contribution in [0.4, 0.5) is 0 Å². The molecule has 2 saturated carbocycles. The standard InChI is InChI=1S/C40H43N7O3/c1-3-28-22-42-34(45-37(28)30-15-17-40(18-16-30)20-35(48)46-39(40)50)19-26-9-11-29(12-10-26)36(38(49)43-21-27-7-5-4-6-8-27)33-14-13-31(23-41-33)32-24-44-47(2)25-32/h1,4-8,13-14,22-26,29-30,36H,9-12,15-21H2,2H3,(H,43,49)(H,46,48,50)/t26-,29-,30?,36?,40?. The van der Waals surface area contributed by atoms with Gasteiger partial charge in [-0.15, -0.1) is 6.42 Å². The Morgan fingerprint density at radius 3 is 2.42 bits per heavy atom. The van der Waals surface area contributed by atoms with Crippen molar-refractivity contribution in [2.75, 3.05) is 0 Å². The van der Waals surface area contributed by atoms with E-state index in [1.54, 1.807) is 10.9 Å². The maximum Gasteiger partial charge on any atom is 0.233 e. The molecule has 2 N–H and O–H groups in total. The molecule has 10 heteroatoms. The number of benzene rings is 1. The molecule has 3 fully saturated rings. The van der Waals surface area contributed by atoms with E-state index in [0.29, 0.717) is 30.9 Å². The van der Waals surface area contributed by atoms with Crippen LogP contribution in [0.3, 0.4) is 0 Å². The van der Waals surface area contributed by atoms with E-state index >= 15 is 0 Å². The Hall–Kier alpha value is -5.17. The number of pyridine rings is 1. The quantitative estimate of drug-likeness (QED) is 0.180. The predicted molar refractivity (Wildman–Crippen MR) is 188 cm³/mol. The average molecular weight is 670 g/mol. The molecule has 4 aromatic rings. The first-order valence-corrected chi connectivity index (χ1v) is 17.7. The monoisotopic (exact) mass is 669 g/mol. The number of aryl methyl sites for hydroxylation is 1. The minimum atomic E-state index is -0.578. The number of hydrogen-bond donors (Lipinski definition) is 2. The van der Waals surface area contributed by atoms with Gasteiger partial charge >= 0.3 is 0 Å². The molecule has 2 aliphatic carbocycles. The summed E-state index contributed by atoms with van der Waals surface area (Å²) >= 11 is 0. The second kappa shape index (κ2) is 14.4. The summed E-state index contributed by atoms with van der Waals surface area (Å²) in [6.45, 7) is 0.472. The normalized spacial score (nSPS) is 24.0. The van der Waals surface area contributed by atoms with Crippen LogP contribution in [-0.2, 0) is 34.4 Å². The molecule has 3 aromatic heterocycles. The van der Waals surface area contributed by atoms with Crippen LogP contribution in [0.25, 0.3) is 11.1 Å². The molecule has 3 aliphatic rings. The predicted octanol–water partition coefficient (Wildman–Crippen LogP) is 5.39. The van der Waals surface area contributed by atoms with Gasteiger partial charge in [-0.2, -0.15) is 5.10 Å². The third kappa shape index (κ3) is 7.09. The maximum absolute atomic E-state index is 13.9. The third-order valence-electron chi connectivity index (χ3n) is 11.2. The Morgan fingerprint density at radius 1 is 1.00 bits per heavy atom. The highest BCUT2D eigenvalue weighted by Crippen LogP contribution is 2.47. The molecule has 1 aliphatic heterocycles. The minimum absolute atomic E-state index is 0.00509. The number of carbonyl (C=O) groups excluding carboxylic acids is 3. The van der Waals surface area contributed by atoms with Gasteiger partial charge in [-0.25, -0.2) is 9.97 Å². The number of hydrogen-bond acceptors (Lipinski definition) is 7. The van der Waals surface area contributed by atoms with Crippen molar-refractivity contribution in [1.29, 1.82) is 0 Å². The zero-order chi connectivity index (χ0) is 34.7. The minimum Gasteiger partial charge on any atom is -0.351 e. The van der Waals surface area contributed by atoms with Crippen molar-refractivity contribution < 1.29 is 14.4 Å². The molecule has 1 saturated heterocycles. The summed E-state index contributed by atoms with van der Waals surface area (Å²) in [7, 11) is 1.89. The van der Waals surface area contributed by atoms with Gasteiger partial charge in [0.05, 0.1) is 34.5 Å². The summed E-state index contributed by atoms with van der Waals surface area (Å²) in [4.78, 5) is 52.8. The molecule has 1 spiro atoms. The molecule has 1 atom stereocenters. The Balaban J connectivity index is 1.02. The summed E-state index contributed by atoms with van der Waals surface area (Å²) < 4.78 is 1.77. The second-order valence-corrected chi connectivity index (χ2v) is 14.4. The van der Waals surface area contributed by atoms with Crippen LogP contribution in [0.2, 0.25) is 0 Å². The number of nitrogens with zero attached hydrogens (tertiary/aromatic N) is 5. The van der Waals surface area contributed by atoms with Gasteiger partial charge < -0.3 is 5.32 Å². The van der Waals surface area contributed by atoms with E-state index in [2.05, 4.69) is 26.6 Å². The lowest BCUT2D eigenvalue weighted by Crippen LogP contribution is -2.35. The van der Waals surface area contributed by atoms with E-state index in [1.165, 1.54) is 0 Å². The first-order chi connectivity index (χ1) is 24.3. The van der Waals surface area contributed by atoms with E-state index < -0.39 is 5.41 Å². The van der Waals surface area contributed by atoms with Crippen LogP contribution in [0, 0.1) is 29.6 Å². The van der Waals surface area contributed by atoms with Crippen molar-refractivity contribution in [3.8, 4) is 23.5 Å². The van der Waals surface area contributed by atoms with Crippen molar-refractivity contribution in [2.24, 2.45) is 24.3 Å². The fourth-order valence-corrected chi connectivity index (χ4v) is 8.29. The molecule has 0 radical (unpaired) electrons. The van der Waals surface area contributed by atoms with Crippen LogP contribution in [0.1, 0.15) is 98.0 Å². The lowest BCUT2D eigenvalue weighted by molar-refractivity contribution is -0.130. The number of terminal acetylenes is 1. The molecule has 256 valence electrons. The molecule has 3 amide bonds. The van der Waals surface area contributed by atoms with Gasteiger partial charge in [0.2, 0.25) is 17.7 Å². The van der Waals surface area contributed by atoms with Gasteiger partial charge in [-0.1, -0.05) is 42.3 Å². The molecular formula is C40H43N7O3. The van der Waals surface area contributed by atoms with Crippen LogP contribution in [0.5, 0.6) is 0 Å². The SMILES string of the molecule is C#Cc1cnc(C[C@H]2CC[C@H](C(C(=O)NCc3ccccc3)c3ccc(-c4cnn(C)c4)cn3)CC2)nc1C1CCC2(CC1)CC(=O)NC2=O. The average Bonchev–Trinajstić information content (AvgIpc) is 3.70. The topological polar surface area (TPSA) is 132 Å². The summed E-state index contributed by atoms with van der Waals surface area (Å²) in [5, 5.41) is 9.97. The first-order valence-electron chi connectivity index (χ1n) is 17.7. The third-order valence-corrected chi connectivity index (χ3v) is 11.2. The number of aromatic nitrogens is 5. The Labute approximate surface area is 292 Å². The van der Waals surface area contributed by atoms with E-state index in [4.69, 9.17) is 16.4 Å². The summed E-state index contributed by atoms with van der Waals surface area (Å²) in [6.07, 6.45) is 20.9. The number of rotatable bonds is 9. The number of nitrogens with one attached hydrogen (secondary N) is 2. The first kappa shape index (κ1) is 33.3. The van der Waals surface area contributed by atoms with E-state index in [9.17, 15) is 14.4 Å². The molecule has 1 unspecified atom stereocenters. The maximum atomic E-state index is 13.9. The summed E-state index contributed by atoms with van der Waals surface area (Å²) in [5.41, 5.74) is 4.83. The summed E-state index contributed by atoms with van der Waals surface area (Å²) in [6, 6.07) is 14.0. The molecular weight excluding hydrogens is 626 g/mol. The Bertz CT molecular complexity index is 1900. The van der Waals surface area contributed by atoms with Crippen molar-refractivity contribution in [3.63, 3.8) is 0 Å². The van der Waals surface area contributed by atoms with Crippen LogP contribution < -0.4 is 10.6 Å². The fraction of sp³-hybridized carbons (Fsp3) is 0.425. The highest BCUT2D eigenvalue weighted by molar-refractivity contribution is 6.05. The highest BCUT2D eigenvalue weighted by atomic mass is 16.2. The van der Waals surface area contributed by atoms with Gasteiger partial charge in [0.25, 0.3) is 0 Å². The second-order valence-electron chi connectivity index (χ2n) is 14.4. The lowest BCUT2D eigenvalue weighted by atomic mass is 9.68. The zero-order valence-electron chi connectivity index (χ0n) is 28.5. The van der Waals surface area contributed by atoms with E-state index in [0.717, 1.165) is 78.8 Å².